The van der Waals surface area contributed by atoms with Gasteiger partial charge in [-0.3, -0.25) is 9.78 Å². The molecule has 0 fully saturated rings. The smallest absolute Gasteiger partial charge is 0.307 e. The number of aliphatic carboxylic acids is 1. The van der Waals surface area contributed by atoms with Gasteiger partial charge in [0.25, 0.3) is 0 Å². The maximum Gasteiger partial charge on any atom is 0.307 e. The number of hydrogen-bond donors (Lipinski definition) is 1. The van der Waals surface area contributed by atoms with Gasteiger partial charge in [0.15, 0.2) is 0 Å². The van der Waals surface area contributed by atoms with Gasteiger partial charge < -0.3 is 5.11 Å². The van der Waals surface area contributed by atoms with Crippen LogP contribution in [0, 0.1) is 11.7 Å². The van der Waals surface area contributed by atoms with Crippen molar-refractivity contribution in [3.05, 3.63) is 53.5 Å². The van der Waals surface area contributed by atoms with Crippen LogP contribution < -0.4 is 0 Å². The Balaban J connectivity index is 1.99. The third-order valence-corrected chi connectivity index (χ3v) is 3.52. The van der Waals surface area contributed by atoms with Crippen LogP contribution in [0.1, 0.15) is 11.1 Å². The summed E-state index contributed by atoms with van der Waals surface area (Å²) in [6, 6.07) is 8.45. The maximum absolute atomic E-state index is 13.7. The van der Waals surface area contributed by atoms with Gasteiger partial charge in [0.05, 0.1) is 5.92 Å². The Labute approximate surface area is 109 Å². The van der Waals surface area contributed by atoms with Crippen LogP contribution in [0.2, 0.25) is 0 Å². The van der Waals surface area contributed by atoms with E-state index in [1.165, 1.54) is 6.07 Å². The molecular weight excluding hydrogens is 245 g/mol. The van der Waals surface area contributed by atoms with Crippen LogP contribution in [0.25, 0.3) is 11.3 Å². The van der Waals surface area contributed by atoms with E-state index in [1.807, 2.05) is 12.1 Å². The van der Waals surface area contributed by atoms with Crippen LogP contribution in [0.4, 0.5) is 4.39 Å². The average molecular weight is 257 g/mol. The van der Waals surface area contributed by atoms with Gasteiger partial charge in [-0.25, -0.2) is 4.39 Å². The van der Waals surface area contributed by atoms with Gasteiger partial charge >= 0.3 is 5.97 Å². The van der Waals surface area contributed by atoms with E-state index in [0.717, 1.165) is 11.1 Å². The minimum atomic E-state index is -0.776. The van der Waals surface area contributed by atoms with Crippen molar-refractivity contribution in [3.63, 3.8) is 0 Å². The van der Waals surface area contributed by atoms with E-state index in [-0.39, 0.29) is 11.7 Å². The lowest BCUT2D eigenvalue weighted by molar-refractivity contribution is -0.141. The number of pyridine rings is 1. The Morgan fingerprint density at radius 2 is 2.05 bits per heavy atom. The third-order valence-electron chi connectivity index (χ3n) is 3.52. The molecule has 2 aromatic rings. The third kappa shape index (κ3) is 2.10. The van der Waals surface area contributed by atoms with Gasteiger partial charge in [-0.05, 0) is 42.2 Å². The van der Waals surface area contributed by atoms with E-state index in [0.29, 0.717) is 24.1 Å². The van der Waals surface area contributed by atoms with Crippen molar-refractivity contribution in [1.82, 2.24) is 4.98 Å². The van der Waals surface area contributed by atoms with E-state index in [9.17, 15) is 9.18 Å². The number of rotatable bonds is 2. The number of benzene rings is 1. The van der Waals surface area contributed by atoms with Gasteiger partial charge in [-0.15, -0.1) is 0 Å². The quantitative estimate of drug-likeness (QED) is 0.899. The fourth-order valence-corrected chi connectivity index (χ4v) is 2.54. The Hall–Kier alpha value is -2.23. The maximum atomic E-state index is 13.7. The topological polar surface area (TPSA) is 50.2 Å². The van der Waals surface area contributed by atoms with Gasteiger partial charge in [0, 0.05) is 11.8 Å². The normalized spacial score (nSPS) is 17.2. The second kappa shape index (κ2) is 4.46. The zero-order valence-electron chi connectivity index (χ0n) is 10.1. The number of fused-ring (bicyclic) bond motifs is 1. The molecule has 1 aliphatic carbocycles. The van der Waals surface area contributed by atoms with Crippen molar-refractivity contribution >= 4 is 5.97 Å². The number of carboxylic acids is 1. The van der Waals surface area contributed by atoms with Crippen molar-refractivity contribution in [2.24, 2.45) is 5.92 Å². The van der Waals surface area contributed by atoms with Crippen molar-refractivity contribution in [1.29, 1.82) is 0 Å². The molecular formula is C15H12FNO2. The van der Waals surface area contributed by atoms with Crippen molar-refractivity contribution in [3.8, 4) is 11.3 Å². The summed E-state index contributed by atoms with van der Waals surface area (Å²) in [4.78, 5) is 15.0. The molecule has 1 aromatic heterocycles. The van der Waals surface area contributed by atoms with Crippen molar-refractivity contribution in [2.45, 2.75) is 12.8 Å². The van der Waals surface area contributed by atoms with Crippen LogP contribution >= 0.6 is 0 Å². The molecule has 0 saturated heterocycles. The molecule has 3 nitrogen and oxygen atoms in total. The van der Waals surface area contributed by atoms with Crippen LogP contribution in [-0.2, 0) is 17.6 Å². The van der Waals surface area contributed by atoms with Crippen LogP contribution in [-0.4, -0.2) is 16.1 Å². The Morgan fingerprint density at radius 3 is 2.79 bits per heavy atom. The molecule has 0 spiro atoms. The lowest BCUT2D eigenvalue weighted by Gasteiger charge is -2.05. The van der Waals surface area contributed by atoms with Gasteiger partial charge in [-0.2, -0.15) is 0 Å². The van der Waals surface area contributed by atoms with E-state index >= 15 is 0 Å². The van der Waals surface area contributed by atoms with Crippen LogP contribution in [0.3, 0.4) is 0 Å². The Bertz CT molecular complexity index is 654. The standard InChI is InChI=1S/C15H12FNO2/c16-13-2-1-5-17-14(13)10-4-3-9-6-12(15(18)19)8-11(9)7-10/h1-5,7,12H,6,8H2,(H,18,19). The summed E-state index contributed by atoms with van der Waals surface area (Å²) in [5.74, 6) is -1.50. The predicted molar refractivity (Wildman–Crippen MR) is 68.2 cm³/mol. The molecule has 1 heterocycles. The highest BCUT2D eigenvalue weighted by atomic mass is 19.1. The minimum absolute atomic E-state index is 0.309. The summed E-state index contributed by atoms with van der Waals surface area (Å²) in [5, 5.41) is 9.04. The van der Waals surface area contributed by atoms with E-state index in [1.54, 1.807) is 18.3 Å². The molecule has 4 heteroatoms. The van der Waals surface area contributed by atoms with E-state index in [2.05, 4.69) is 4.98 Å². The highest BCUT2D eigenvalue weighted by Gasteiger charge is 2.27. The highest BCUT2D eigenvalue weighted by molar-refractivity contribution is 5.73. The molecule has 1 unspecified atom stereocenters. The summed E-state index contributed by atoms with van der Waals surface area (Å²) in [6.07, 6.45) is 2.61. The molecule has 0 saturated carbocycles. The van der Waals surface area contributed by atoms with Crippen molar-refractivity contribution < 1.29 is 14.3 Å². The first kappa shape index (κ1) is 11.8. The largest absolute Gasteiger partial charge is 0.481 e. The minimum Gasteiger partial charge on any atom is -0.481 e. The first-order chi connectivity index (χ1) is 9.15. The van der Waals surface area contributed by atoms with Crippen molar-refractivity contribution in [2.75, 3.05) is 0 Å². The lowest BCUT2D eigenvalue weighted by Crippen LogP contribution is -2.12. The summed E-state index contributed by atoms with van der Waals surface area (Å²) < 4.78 is 13.7. The first-order valence-electron chi connectivity index (χ1n) is 6.10. The number of aromatic nitrogens is 1. The molecule has 1 aliphatic rings. The molecule has 0 radical (unpaired) electrons. The number of hydrogen-bond acceptors (Lipinski definition) is 2. The number of carbonyl (C=O) groups is 1. The summed E-state index contributed by atoms with van der Waals surface area (Å²) in [6.45, 7) is 0. The van der Waals surface area contributed by atoms with Gasteiger partial charge in [-0.1, -0.05) is 12.1 Å². The van der Waals surface area contributed by atoms with Gasteiger partial charge in [0.2, 0.25) is 0 Å². The van der Waals surface area contributed by atoms with Crippen LogP contribution in [0.15, 0.2) is 36.5 Å². The van der Waals surface area contributed by atoms with E-state index < -0.39 is 5.97 Å². The summed E-state index contributed by atoms with van der Waals surface area (Å²) >= 11 is 0. The number of halogens is 1. The predicted octanol–water partition coefficient (Wildman–Crippen LogP) is 2.69. The molecule has 0 aliphatic heterocycles. The second-order valence-corrected chi connectivity index (χ2v) is 4.76. The van der Waals surface area contributed by atoms with E-state index in [4.69, 9.17) is 5.11 Å². The molecule has 96 valence electrons. The fraction of sp³-hybridized carbons (Fsp3) is 0.200. The number of carboxylic acid groups (broad SMARTS) is 1. The van der Waals surface area contributed by atoms with Gasteiger partial charge in [0.1, 0.15) is 11.5 Å². The second-order valence-electron chi connectivity index (χ2n) is 4.76. The molecule has 1 N–H and O–H groups in total. The Morgan fingerprint density at radius 1 is 1.26 bits per heavy atom. The zero-order valence-corrected chi connectivity index (χ0v) is 10.1. The lowest BCUT2D eigenvalue weighted by atomic mass is 10.0. The summed E-state index contributed by atoms with van der Waals surface area (Å²) in [5.41, 5.74) is 3.02. The first-order valence-corrected chi connectivity index (χ1v) is 6.10. The fourth-order valence-electron chi connectivity index (χ4n) is 2.54. The summed E-state index contributed by atoms with van der Waals surface area (Å²) in [7, 11) is 0. The molecule has 19 heavy (non-hydrogen) atoms. The average Bonchev–Trinajstić information content (AvgIpc) is 2.82. The highest BCUT2D eigenvalue weighted by Crippen LogP contribution is 2.31. The number of nitrogens with zero attached hydrogens (tertiary/aromatic N) is 1. The SMILES string of the molecule is O=C(O)C1Cc2ccc(-c3ncccc3F)cc2C1. The van der Waals surface area contributed by atoms with Crippen LogP contribution in [0.5, 0.6) is 0 Å². The molecule has 1 atom stereocenters. The molecule has 0 bridgehead atoms. The molecule has 0 amide bonds. The molecule has 3 rings (SSSR count). The Kier molecular flexibility index (Phi) is 2.78. The monoisotopic (exact) mass is 257 g/mol. The molecule has 1 aromatic carbocycles. The zero-order chi connectivity index (χ0) is 13.4.